The Morgan fingerprint density at radius 3 is 2.45 bits per heavy atom. The van der Waals surface area contributed by atoms with Gasteiger partial charge in [-0.2, -0.15) is 0 Å². The maximum atomic E-state index is 13.4. The van der Waals surface area contributed by atoms with Crippen LogP contribution in [-0.2, 0) is 0 Å². The molecule has 0 unspecified atom stereocenters. The molecule has 0 spiro atoms. The Bertz CT molecular complexity index is 964. The second-order valence-electron chi connectivity index (χ2n) is 4.77. The van der Waals surface area contributed by atoms with E-state index in [1.807, 2.05) is 0 Å². The van der Waals surface area contributed by atoms with Crippen LogP contribution in [0.5, 0.6) is 0 Å². The lowest BCUT2D eigenvalue weighted by Crippen LogP contribution is -2.08. The molecule has 1 aromatic heterocycles. The molecule has 2 aromatic carbocycles. The number of benzene rings is 2. The summed E-state index contributed by atoms with van der Waals surface area (Å²) in [6, 6.07) is 5.16. The minimum Gasteiger partial charge on any atom is -0.455 e. The van der Waals surface area contributed by atoms with Crippen molar-refractivity contribution in [1.82, 2.24) is 0 Å². The van der Waals surface area contributed by atoms with Gasteiger partial charge in [0, 0.05) is 11.1 Å². The van der Waals surface area contributed by atoms with Crippen LogP contribution in [0.2, 0.25) is 5.02 Å². The number of hydrogen-bond donors (Lipinski definition) is 0. The Labute approximate surface area is 127 Å². The van der Waals surface area contributed by atoms with Gasteiger partial charge in [0.2, 0.25) is 0 Å². The van der Waals surface area contributed by atoms with Gasteiger partial charge in [-0.25, -0.2) is 13.2 Å². The molecule has 0 aliphatic carbocycles. The van der Waals surface area contributed by atoms with E-state index in [9.17, 15) is 18.0 Å². The smallest absolute Gasteiger partial charge is 0.196 e. The molecule has 112 valence electrons. The summed E-state index contributed by atoms with van der Waals surface area (Å²) >= 11 is 5.91. The Balaban J connectivity index is 2.37. The normalized spacial score (nSPS) is 11.1. The third kappa shape index (κ3) is 2.27. The molecule has 3 rings (SSSR count). The van der Waals surface area contributed by atoms with Crippen LogP contribution < -0.4 is 5.43 Å². The molecular formula is C16H8ClF3O2. The lowest BCUT2D eigenvalue weighted by molar-refractivity contribution is 0.508. The summed E-state index contributed by atoms with van der Waals surface area (Å²) in [6.07, 6.45) is 0. The molecule has 0 fully saturated rings. The second kappa shape index (κ2) is 5.18. The molecule has 0 atom stereocenters. The summed E-state index contributed by atoms with van der Waals surface area (Å²) < 4.78 is 45.4. The van der Waals surface area contributed by atoms with Crippen molar-refractivity contribution in [3.8, 4) is 11.3 Å². The maximum Gasteiger partial charge on any atom is 0.196 e. The van der Waals surface area contributed by atoms with Crippen LogP contribution in [-0.4, -0.2) is 0 Å². The molecule has 0 bridgehead atoms. The first kappa shape index (κ1) is 14.7. The van der Waals surface area contributed by atoms with Crippen molar-refractivity contribution >= 4 is 22.6 Å². The average Bonchev–Trinajstić information content (AvgIpc) is 2.47. The minimum atomic E-state index is -1.11. The molecule has 0 aliphatic rings. The molecule has 0 radical (unpaired) electrons. The predicted octanol–water partition coefficient (Wildman–Crippen LogP) is 4.84. The third-order valence-corrected chi connectivity index (χ3v) is 3.65. The SMILES string of the molecule is Cc1c(-c2cc(F)c(F)cc2Cl)oc2ccc(F)cc2c1=O. The van der Waals surface area contributed by atoms with E-state index in [1.165, 1.54) is 13.0 Å². The molecule has 2 nitrogen and oxygen atoms in total. The van der Waals surface area contributed by atoms with E-state index in [2.05, 4.69) is 0 Å². The van der Waals surface area contributed by atoms with Crippen molar-refractivity contribution in [2.24, 2.45) is 0 Å². The van der Waals surface area contributed by atoms with Crippen LogP contribution in [0.1, 0.15) is 5.56 Å². The Morgan fingerprint density at radius 2 is 1.73 bits per heavy atom. The van der Waals surface area contributed by atoms with Crippen LogP contribution in [0, 0.1) is 24.4 Å². The predicted molar refractivity (Wildman–Crippen MR) is 77.5 cm³/mol. The van der Waals surface area contributed by atoms with Gasteiger partial charge in [-0.1, -0.05) is 11.6 Å². The highest BCUT2D eigenvalue weighted by atomic mass is 35.5. The minimum absolute atomic E-state index is 0.0213. The fraction of sp³-hybridized carbons (Fsp3) is 0.0625. The molecule has 0 aliphatic heterocycles. The van der Waals surface area contributed by atoms with E-state index in [0.29, 0.717) is 0 Å². The lowest BCUT2D eigenvalue weighted by Gasteiger charge is -2.09. The van der Waals surface area contributed by atoms with E-state index in [-0.39, 0.29) is 32.9 Å². The van der Waals surface area contributed by atoms with Crippen molar-refractivity contribution in [3.05, 3.63) is 68.6 Å². The number of hydrogen-bond acceptors (Lipinski definition) is 2. The van der Waals surface area contributed by atoms with Gasteiger partial charge in [0.15, 0.2) is 17.1 Å². The quantitative estimate of drug-likeness (QED) is 0.600. The van der Waals surface area contributed by atoms with Gasteiger partial charge in [-0.15, -0.1) is 0 Å². The van der Waals surface area contributed by atoms with Gasteiger partial charge >= 0.3 is 0 Å². The van der Waals surface area contributed by atoms with Gasteiger partial charge in [0.1, 0.15) is 17.2 Å². The highest BCUT2D eigenvalue weighted by molar-refractivity contribution is 6.33. The van der Waals surface area contributed by atoms with Gasteiger partial charge in [-0.05, 0) is 37.3 Å². The molecule has 0 amide bonds. The molecule has 0 N–H and O–H groups in total. The van der Waals surface area contributed by atoms with E-state index in [0.717, 1.165) is 24.3 Å². The standard InChI is InChI=1S/C16H8ClF3O2/c1-7-15(21)10-4-8(18)2-3-14(10)22-16(7)9-5-12(19)13(20)6-11(9)17/h2-6H,1H3. The Morgan fingerprint density at radius 1 is 1.05 bits per heavy atom. The Hall–Kier alpha value is -2.27. The summed E-state index contributed by atoms with van der Waals surface area (Å²) in [5.74, 6) is -2.76. The monoisotopic (exact) mass is 324 g/mol. The first-order valence-electron chi connectivity index (χ1n) is 6.26. The fourth-order valence-corrected chi connectivity index (χ4v) is 2.45. The van der Waals surface area contributed by atoms with Crippen LogP contribution >= 0.6 is 11.6 Å². The zero-order chi connectivity index (χ0) is 16.0. The van der Waals surface area contributed by atoms with Gasteiger partial charge < -0.3 is 4.42 Å². The molecule has 6 heteroatoms. The largest absolute Gasteiger partial charge is 0.455 e. The fourth-order valence-electron chi connectivity index (χ4n) is 2.21. The highest BCUT2D eigenvalue weighted by Crippen LogP contribution is 2.33. The number of fused-ring (bicyclic) bond motifs is 1. The summed E-state index contributed by atoms with van der Waals surface area (Å²) in [6.45, 7) is 1.45. The van der Waals surface area contributed by atoms with E-state index >= 15 is 0 Å². The van der Waals surface area contributed by atoms with E-state index in [1.54, 1.807) is 0 Å². The van der Waals surface area contributed by atoms with Crippen LogP contribution in [0.25, 0.3) is 22.3 Å². The maximum absolute atomic E-state index is 13.4. The van der Waals surface area contributed by atoms with Crippen molar-refractivity contribution < 1.29 is 17.6 Å². The summed E-state index contributed by atoms with van der Waals surface area (Å²) in [5.41, 5.74) is -0.142. The summed E-state index contributed by atoms with van der Waals surface area (Å²) in [4.78, 5) is 12.3. The van der Waals surface area contributed by atoms with Crippen molar-refractivity contribution in [3.63, 3.8) is 0 Å². The molecule has 22 heavy (non-hydrogen) atoms. The molecule has 0 saturated heterocycles. The Kier molecular flexibility index (Phi) is 3.45. The molecular weight excluding hydrogens is 317 g/mol. The van der Waals surface area contributed by atoms with E-state index in [4.69, 9.17) is 16.0 Å². The highest BCUT2D eigenvalue weighted by Gasteiger charge is 2.18. The first-order valence-corrected chi connectivity index (χ1v) is 6.64. The molecule has 3 aromatic rings. The third-order valence-electron chi connectivity index (χ3n) is 3.33. The van der Waals surface area contributed by atoms with Crippen molar-refractivity contribution in [2.45, 2.75) is 6.92 Å². The molecule has 1 heterocycles. The van der Waals surface area contributed by atoms with E-state index < -0.39 is 22.9 Å². The van der Waals surface area contributed by atoms with Crippen LogP contribution in [0.4, 0.5) is 13.2 Å². The van der Waals surface area contributed by atoms with Crippen LogP contribution in [0.15, 0.2) is 39.5 Å². The van der Waals surface area contributed by atoms with Gasteiger partial charge in [0.25, 0.3) is 0 Å². The zero-order valence-electron chi connectivity index (χ0n) is 11.2. The number of halogens is 4. The summed E-state index contributed by atoms with van der Waals surface area (Å²) in [5, 5.41) is -0.0217. The summed E-state index contributed by atoms with van der Waals surface area (Å²) in [7, 11) is 0. The second-order valence-corrected chi connectivity index (χ2v) is 5.18. The van der Waals surface area contributed by atoms with Gasteiger partial charge in [0.05, 0.1) is 10.4 Å². The van der Waals surface area contributed by atoms with Crippen LogP contribution in [0.3, 0.4) is 0 Å². The number of rotatable bonds is 1. The van der Waals surface area contributed by atoms with Crippen molar-refractivity contribution in [1.29, 1.82) is 0 Å². The van der Waals surface area contributed by atoms with Gasteiger partial charge in [-0.3, -0.25) is 4.79 Å². The molecule has 0 saturated carbocycles. The topological polar surface area (TPSA) is 30.2 Å². The lowest BCUT2D eigenvalue weighted by atomic mass is 10.1. The van der Waals surface area contributed by atoms with Crippen molar-refractivity contribution in [2.75, 3.05) is 0 Å². The average molecular weight is 325 g/mol. The zero-order valence-corrected chi connectivity index (χ0v) is 12.0. The first-order chi connectivity index (χ1) is 10.4.